The molecule has 180 valence electrons. The molecule has 0 saturated heterocycles. The SMILES string of the molecule is C#C.C=C1CC2(CC)C(OC(=O)COc3ccccc3)CCC2C2CCC3=CC(=O)CCC3C12. The monoisotopic (exact) mass is 460 g/mol. The van der Waals surface area contributed by atoms with Crippen molar-refractivity contribution in [2.75, 3.05) is 6.61 Å². The fourth-order valence-electron chi connectivity index (χ4n) is 7.60. The van der Waals surface area contributed by atoms with E-state index in [0.29, 0.717) is 41.6 Å². The molecule has 1 aromatic rings. The van der Waals surface area contributed by atoms with Crippen molar-refractivity contribution >= 4 is 11.8 Å². The summed E-state index contributed by atoms with van der Waals surface area (Å²) < 4.78 is 11.7. The molecule has 0 bridgehead atoms. The van der Waals surface area contributed by atoms with E-state index in [9.17, 15) is 9.59 Å². The van der Waals surface area contributed by atoms with Crippen LogP contribution in [0.3, 0.4) is 0 Å². The highest BCUT2D eigenvalue weighted by Gasteiger charge is 2.60. The largest absolute Gasteiger partial charge is 0.482 e. The number of carbonyl (C=O) groups excluding carboxylic acids is 2. The molecular formula is C30H36O4. The van der Waals surface area contributed by atoms with Gasteiger partial charge in [-0.05, 0) is 86.8 Å². The molecule has 4 heteroatoms. The third-order valence-corrected chi connectivity index (χ3v) is 8.88. The molecule has 4 nitrogen and oxygen atoms in total. The Hall–Kier alpha value is -2.80. The van der Waals surface area contributed by atoms with Crippen molar-refractivity contribution < 1.29 is 19.1 Å². The summed E-state index contributed by atoms with van der Waals surface area (Å²) in [5.41, 5.74) is 2.68. The van der Waals surface area contributed by atoms with Crippen LogP contribution in [-0.2, 0) is 14.3 Å². The lowest BCUT2D eigenvalue weighted by molar-refractivity contribution is -0.161. The Labute approximate surface area is 203 Å². The van der Waals surface area contributed by atoms with Crippen molar-refractivity contribution in [3.8, 4) is 18.6 Å². The maximum Gasteiger partial charge on any atom is 0.344 e. The second kappa shape index (κ2) is 10.2. The highest BCUT2D eigenvalue weighted by molar-refractivity contribution is 5.91. The maximum absolute atomic E-state index is 12.7. The highest BCUT2D eigenvalue weighted by Crippen LogP contribution is 2.64. The number of rotatable bonds is 5. The first-order valence-corrected chi connectivity index (χ1v) is 12.6. The third-order valence-electron chi connectivity index (χ3n) is 8.88. The van der Waals surface area contributed by atoms with E-state index in [0.717, 1.165) is 44.9 Å². The lowest BCUT2D eigenvalue weighted by atomic mass is 9.50. The first kappa shape index (κ1) is 24.3. The van der Waals surface area contributed by atoms with E-state index in [4.69, 9.17) is 9.47 Å². The maximum atomic E-state index is 12.7. The summed E-state index contributed by atoms with van der Waals surface area (Å²) in [5.74, 6) is 2.85. The average Bonchev–Trinajstić information content (AvgIpc) is 3.22. The third kappa shape index (κ3) is 4.33. The Balaban J connectivity index is 0.00000133. The molecule has 0 amide bonds. The Morgan fingerprint density at radius 3 is 2.62 bits per heavy atom. The van der Waals surface area contributed by atoms with Crippen molar-refractivity contribution in [3.05, 3.63) is 54.1 Å². The van der Waals surface area contributed by atoms with Gasteiger partial charge in [0, 0.05) is 11.8 Å². The minimum Gasteiger partial charge on any atom is -0.482 e. The summed E-state index contributed by atoms with van der Waals surface area (Å²) in [5, 5.41) is 0. The van der Waals surface area contributed by atoms with Gasteiger partial charge in [-0.2, -0.15) is 0 Å². The molecule has 4 aliphatic rings. The highest BCUT2D eigenvalue weighted by atomic mass is 16.6. The minimum absolute atomic E-state index is 0.00758. The van der Waals surface area contributed by atoms with E-state index in [2.05, 4.69) is 26.3 Å². The van der Waals surface area contributed by atoms with Gasteiger partial charge in [0.25, 0.3) is 0 Å². The van der Waals surface area contributed by atoms with Gasteiger partial charge in [0.1, 0.15) is 11.9 Å². The zero-order chi connectivity index (χ0) is 24.3. The summed E-state index contributed by atoms with van der Waals surface area (Å²) in [6.45, 7) is 6.77. The molecule has 3 saturated carbocycles. The Bertz CT molecular complexity index is 974. The van der Waals surface area contributed by atoms with E-state index < -0.39 is 0 Å². The number of benzene rings is 1. The van der Waals surface area contributed by atoms with Gasteiger partial charge in [-0.25, -0.2) is 4.79 Å². The topological polar surface area (TPSA) is 52.6 Å². The van der Waals surface area contributed by atoms with E-state index in [1.165, 1.54) is 11.1 Å². The van der Waals surface area contributed by atoms with Crippen molar-refractivity contribution in [2.45, 2.75) is 64.4 Å². The number of carbonyl (C=O) groups is 2. The van der Waals surface area contributed by atoms with Crippen LogP contribution in [0.5, 0.6) is 5.75 Å². The molecule has 0 heterocycles. The molecule has 0 radical (unpaired) electrons. The van der Waals surface area contributed by atoms with Gasteiger partial charge in [0.15, 0.2) is 12.4 Å². The first-order chi connectivity index (χ1) is 16.5. The lowest BCUT2D eigenvalue weighted by Gasteiger charge is -2.55. The number of para-hydroxylation sites is 1. The van der Waals surface area contributed by atoms with Crippen molar-refractivity contribution in [1.82, 2.24) is 0 Å². The Morgan fingerprint density at radius 2 is 1.88 bits per heavy atom. The number of ether oxygens (including phenoxy) is 2. The molecule has 1 aromatic carbocycles. The number of hydrogen-bond acceptors (Lipinski definition) is 4. The molecule has 0 spiro atoms. The van der Waals surface area contributed by atoms with Crippen LogP contribution in [-0.4, -0.2) is 24.5 Å². The number of fused-ring (bicyclic) bond motifs is 5. The number of ketones is 1. The van der Waals surface area contributed by atoms with Crippen molar-refractivity contribution in [1.29, 1.82) is 0 Å². The normalized spacial score (nSPS) is 33.9. The van der Waals surface area contributed by atoms with Crippen LogP contribution in [0.2, 0.25) is 0 Å². The van der Waals surface area contributed by atoms with E-state index >= 15 is 0 Å². The number of allylic oxidation sites excluding steroid dienone is 2. The minimum atomic E-state index is -0.278. The van der Waals surface area contributed by atoms with Crippen LogP contribution in [0.4, 0.5) is 0 Å². The molecule has 6 unspecified atom stereocenters. The number of hydrogen-bond donors (Lipinski definition) is 0. The quantitative estimate of drug-likeness (QED) is 0.311. The summed E-state index contributed by atoms with van der Waals surface area (Å²) >= 11 is 0. The number of terminal acetylenes is 1. The summed E-state index contributed by atoms with van der Waals surface area (Å²) in [7, 11) is 0. The summed E-state index contributed by atoms with van der Waals surface area (Å²) in [6.07, 6.45) is 17.7. The van der Waals surface area contributed by atoms with Crippen LogP contribution in [0.25, 0.3) is 0 Å². The average molecular weight is 461 g/mol. The molecule has 5 rings (SSSR count). The van der Waals surface area contributed by atoms with Crippen LogP contribution in [0.15, 0.2) is 54.1 Å². The van der Waals surface area contributed by atoms with Crippen LogP contribution < -0.4 is 4.74 Å². The van der Waals surface area contributed by atoms with Gasteiger partial charge in [-0.1, -0.05) is 42.8 Å². The standard InChI is InChI=1S/C28H34O4.C2H2/c1-3-28-16-18(2)27-22-12-10-20(29)15-19(22)9-11-23(27)24(28)13-14-25(28)32-26(30)17-31-21-7-5-4-6-8-21;1-2/h4-8,15,22-25,27H,2-3,9-14,16-17H2,1H3;1-2H. The van der Waals surface area contributed by atoms with Gasteiger partial charge in [-0.3, -0.25) is 4.79 Å². The molecule has 3 fully saturated rings. The van der Waals surface area contributed by atoms with E-state index in [-0.39, 0.29) is 24.1 Å². The molecule has 6 atom stereocenters. The smallest absolute Gasteiger partial charge is 0.344 e. The zero-order valence-corrected chi connectivity index (χ0v) is 20.2. The van der Waals surface area contributed by atoms with E-state index in [1.807, 2.05) is 36.4 Å². The second-order valence-corrected chi connectivity index (χ2v) is 10.2. The first-order valence-electron chi connectivity index (χ1n) is 12.6. The Kier molecular flexibility index (Phi) is 7.31. The van der Waals surface area contributed by atoms with Crippen LogP contribution in [0, 0.1) is 41.9 Å². The summed E-state index contributed by atoms with van der Waals surface area (Å²) in [4.78, 5) is 24.7. The van der Waals surface area contributed by atoms with Gasteiger partial charge < -0.3 is 9.47 Å². The van der Waals surface area contributed by atoms with Crippen molar-refractivity contribution in [3.63, 3.8) is 0 Å². The lowest BCUT2D eigenvalue weighted by Crippen LogP contribution is -2.50. The van der Waals surface area contributed by atoms with Gasteiger partial charge in [0.2, 0.25) is 0 Å². The predicted octanol–water partition coefficient (Wildman–Crippen LogP) is 5.92. The predicted molar refractivity (Wildman–Crippen MR) is 133 cm³/mol. The van der Waals surface area contributed by atoms with Crippen LogP contribution in [0.1, 0.15) is 58.3 Å². The molecule has 4 aliphatic carbocycles. The van der Waals surface area contributed by atoms with Gasteiger partial charge >= 0.3 is 5.97 Å². The molecule has 0 aromatic heterocycles. The molecule has 0 N–H and O–H groups in total. The van der Waals surface area contributed by atoms with Gasteiger partial charge in [-0.15, -0.1) is 12.8 Å². The molecule has 0 aliphatic heterocycles. The van der Waals surface area contributed by atoms with Crippen LogP contribution >= 0.6 is 0 Å². The van der Waals surface area contributed by atoms with E-state index in [1.54, 1.807) is 0 Å². The summed E-state index contributed by atoms with van der Waals surface area (Å²) in [6, 6.07) is 9.41. The zero-order valence-electron chi connectivity index (χ0n) is 20.2. The number of esters is 1. The molecule has 34 heavy (non-hydrogen) atoms. The Morgan fingerprint density at radius 1 is 1.12 bits per heavy atom. The fourth-order valence-corrected chi connectivity index (χ4v) is 7.60. The van der Waals surface area contributed by atoms with Crippen molar-refractivity contribution in [2.24, 2.45) is 29.1 Å². The fraction of sp³-hybridized carbons (Fsp3) is 0.533. The molecular weight excluding hydrogens is 424 g/mol. The second-order valence-electron chi connectivity index (χ2n) is 10.2. The van der Waals surface area contributed by atoms with Gasteiger partial charge in [0.05, 0.1) is 0 Å².